The summed E-state index contributed by atoms with van der Waals surface area (Å²) in [7, 11) is 1.60. The zero-order chi connectivity index (χ0) is 13.5. The van der Waals surface area contributed by atoms with Gasteiger partial charge in [0.05, 0.1) is 12.8 Å². The number of nitrogens with zero attached hydrogens (tertiary/aromatic N) is 2. The Bertz CT molecular complexity index is 366. The third-order valence-electron chi connectivity index (χ3n) is 2.99. The Morgan fingerprint density at radius 2 is 2.06 bits per heavy atom. The maximum Gasteiger partial charge on any atom is 0.238 e. The van der Waals surface area contributed by atoms with Gasteiger partial charge in [-0.05, 0) is 32.4 Å². The second kappa shape index (κ2) is 7.09. The van der Waals surface area contributed by atoms with Crippen molar-refractivity contribution in [3.05, 3.63) is 12.1 Å². The average molecular weight is 251 g/mol. The molecular weight excluding hydrogens is 226 g/mol. The number of hydrogen-bond acceptors (Lipinski definition) is 4. The molecule has 4 heteroatoms. The molecule has 0 fully saturated rings. The second-order valence-electron chi connectivity index (χ2n) is 4.76. The molecule has 0 aliphatic heterocycles. The van der Waals surface area contributed by atoms with E-state index in [4.69, 9.17) is 10.5 Å². The minimum atomic E-state index is 0.419. The summed E-state index contributed by atoms with van der Waals surface area (Å²) in [5, 5.41) is 0. The van der Waals surface area contributed by atoms with Gasteiger partial charge in [-0.25, -0.2) is 0 Å². The lowest BCUT2D eigenvalue weighted by atomic mass is 10.2. The molecule has 2 N–H and O–H groups in total. The highest BCUT2D eigenvalue weighted by Crippen LogP contribution is 2.24. The number of methoxy groups -OCH3 is 1. The van der Waals surface area contributed by atoms with Crippen LogP contribution in [0.25, 0.3) is 0 Å². The molecule has 0 spiro atoms. The van der Waals surface area contributed by atoms with Crippen molar-refractivity contribution in [3.8, 4) is 5.88 Å². The molecule has 0 atom stereocenters. The van der Waals surface area contributed by atoms with Crippen molar-refractivity contribution in [1.82, 2.24) is 4.98 Å². The van der Waals surface area contributed by atoms with E-state index in [0.717, 1.165) is 12.4 Å². The summed E-state index contributed by atoms with van der Waals surface area (Å²) in [6.07, 6.45) is 3.66. The van der Waals surface area contributed by atoms with Gasteiger partial charge < -0.3 is 15.4 Å². The summed E-state index contributed by atoms with van der Waals surface area (Å²) in [6, 6.07) is 4.24. The monoisotopic (exact) mass is 251 g/mol. The minimum absolute atomic E-state index is 0.419. The van der Waals surface area contributed by atoms with E-state index >= 15 is 0 Å². The molecule has 0 saturated carbocycles. The number of nitrogens with two attached hydrogens (primary N) is 1. The second-order valence-corrected chi connectivity index (χ2v) is 4.76. The largest absolute Gasteiger partial charge is 0.479 e. The van der Waals surface area contributed by atoms with Gasteiger partial charge in [-0.1, -0.05) is 19.8 Å². The first-order valence-corrected chi connectivity index (χ1v) is 6.67. The summed E-state index contributed by atoms with van der Waals surface area (Å²) in [4.78, 5) is 6.76. The topological polar surface area (TPSA) is 51.4 Å². The van der Waals surface area contributed by atoms with E-state index in [0.29, 0.717) is 17.6 Å². The molecule has 0 bridgehead atoms. The molecule has 0 saturated heterocycles. The van der Waals surface area contributed by atoms with Crippen LogP contribution in [0.3, 0.4) is 0 Å². The van der Waals surface area contributed by atoms with Gasteiger partial charge in [-0.2, -0.15) is 4.98 Å². The molecule has 18 heavy (non-hydrogen) atoms. The number of rotatable bonds is 7. The van der Waals surface area contributed by atoms with E-state index in [9.17, 15) is 0 Å². The fraction of sp³-hybridized carbons (Fsp3) is 0.643. The van der Waals surface area contributed by atoms with Crippen LogP contribution in [0.15, 0.2) is 12.1 Å². The van der Waals surface area contributed by atoms with Gasteiger partial charge in [-0.15, -0.1) is 0 Å². The number of hydrogen-bond donors (Lipinski definition) is 1. The van der Waals surface area contributed by atoms with E-state index in [-0.39, 0.29) is 0 Å². The highest BCUT2D eigenvalue weighted by atomic mass is 16.5. The van der Waals surface area contributed by atoms with Crippen molar-refractivity contribution in [2.24, 2.45) is 0 Å². The number of nitrogen functional groups attached to an aromatic ring is 1. The van der Waals surface area contributed by atoms with Crippen LogP contribution in [0.5, 0.6) is 5.88 Å². The smallest absolute Gasteiger partial charge is 0.238 e. The SMILES string of the molecule is CCCCCN(c1ccc(N)c(OC)n1)C(C)C. The number of aromatic nitrogens is 1. The molecule has 0 unspecified atom stereocenters. The first-order chi connectivity index (χ1) is 8.60. The highest BCUT2D eigenvalue weighted by Gasteiger charge is 2.13. The number of anilines is 2. The van der Waals surface area contributed by atoms with Gasteiger partial charge in [0.2, 0.25) is 5.88 Å². The third kappa shape index (κ3) is 3.79. The first-order valence-electron chi connectivity index (χ1n) is 6.67. The van der Waals surface area contributed by atoms with E-state index < -0.39 is 0 Å². The number of unbranched alkanes of at least 4 members (excludes halogenated alkanes) is 2. The van der Waals surface area contributed by atoms with Crippen molar-refractivity contribution in [1.29, 1.82) is 0 Å². The molecule has 0 amide bonds. The summed E-state index contributed by atoms with van der Waals surface area (Å²) in [6.45, 7) is 7.59. The number of ether oxygens (including phenoxy) is 1. The zero-order valence-electron chi connectivity index (χ0n) is 11.9. The Hall–Kier alpha value is -1.45. The van der Waals surface area contributed by atoms with Gasteiger partial charge >= 0.3 is 0 Å². The number of pyridine rings is 1. The zero-order valence-corrected chi connectivity index (χ0v) is 11.9. The van der Waals surface area contributed by atoms with Crippen LogP contribution in [-0.4, -0.2) is 24.7 Å². The summed E-state index contributed by atoms with van der Waals surface area (Å²) in [5.41, 5.74) is 6.37. The molecule has 4 nitrogen and oxygen atoms in total. The quantitative estimate of drug-likeness (QED) is 0.757. The Kier molecular flexibility index (Phi) is 5.75. The van der Waals surface area contributed by atoms with Crippen LogP contribution in [-0.2, 0) is 0 Å². The van der Waals surface area contributed by atoms with Gasteiger partial charge in [-0.3, -0.25) is 0 Å². The molecule has 0 aromatic carbocycles. The predicted molar refractivity (Wildman–Crippen MR) is 77.2 cm³/mol. The van der Waals surface area contributed by atoms with Gasteiger partial charge in [0.15, 0.2) is 0 Å². The van der Waals surface area contributed by atoms with E-state index in [1.54, 1.807) is 7.11 Å². The molecule has 1 heterocycles. The van der Waals surface area contributed by atoms with Crippen LogP contribution in [0, 0.1) is 0 Å². The van der Waals surface area contributed by atoms with Crippen molar-refractivity contribution in [2.45, 2.75) is 46.1 Å². The van der Waals surface area contributed by atoms with E-state index in [1.807, 2.05) is 12.1 Å². The molecular formula is C14H25N3O. The Morgan fingerprint density at radius 1 is 1.33 bits per heavy atom. The van der Waals surface area contributed by atoms with E-state index in [1.165, 1.54) is 19.3 Å². The average Bonchev–Trinajstić information content (AvgIpc) is 2.35. The Labute approximate surface area is 110 Å². The molecule has 1 aromatic heterocycles. The summed E-state index contributed by atoms with van der Waals surface area (Å²) in [5.74, 6) is 1.45. The molecule has 1 aromatic rings. The Balaban J connectivity index is 2.84. The van der Waals surface area contributed by atoms with Gasteiger partial charge in [0, 0.05) is 12.6 Å². The maximum atomic E-state index is 5.79. The van der Waals surface area contributed by atoms with Gasteiger partial charge in [0.1, 0.15) is 5.82 Å². The highest BCUT2D eigenvalue weighted by molar-refractivity contribution is 5.54. The van der Waals surface area contributed by atoms with Crippen LogP contribution in [0.1, 0.15) is 40.0 Å². The normalized spacial score (nSPS) is 10.7. The first kappa shape index (κ1) is 14.6. The minimum Gasteiger partial charge on any atom is -0.479 e. The standard InChI is InChI=1S/C14H25N3O/c1-5-6-7-10-17(11(2)3)13-9-8-12(15)14(16-13)18-4/h8-9,11H,5-7,10,15H2,1-4H3. The molecule has 0 radical (unpaired) electrons. The lowest BCUT2D eigenvalue weighted by Crippen LogP contribution is -2.32. The fourth-order valence-electron chi connectivity index (χ4n) is 1.93. The molecule has 0 aliphatic rings. The lowest BCUT2D eigenvalue weighted by molar-refractivity contribution is 0.400. The predicted octanol–water partition coefficient (Wildman–Crippen LogP) is 3.08. The van der Waals surface area contributed by atoms with Crippen molar-refractivity contribution in [2.75, 3.05) is 24.3 Å². The molecule has 102 valence electrons. The van der Waals surface area contributed by atoms with Crippen molar-refractivity contribution >= 4 is 11.5 Å². The van der Waals surface area contributed by atoms with Crippen molar-refractivity contribution < 1.29 is 4.74 Å². The third-order valence-corrected chi connectivity index (χ3v) is 2.99. The van der Waals surface area contributed by atoms with Crippen LogP contribution in [0.4, 0.5) is 11.5 Å². The van der Waals surface area contributed by atoms with E-state index in [2.05, 4.69) is 30.7 Å². The summed E-state index contributed by atoms with van der Waals surface area (Å²) >= 11 is 0. The van der Waals surface area contributed by atoms with Crippen molar-refractivity contribution in [3.63, 3.8) is 0 Å². The fourth-order valence-corrected chi connectivity index (χ4v) is 1.93. The molecule has 0 aliphatic carbocycles. The van der Waals surface area contributed by atoms with Crippen LogP contribution < -0.4 is 15.4 Å². The lowest BCUT2D eigenvalue weighted by Gasteiger charge is -2.28. The summed E-state index contributed by atoms with van der Waals surface area (Å²) < 4.78 is 5.18. The van der Waals surface area contributed by atoms with Crippen LogP contribution >= 0.6 is 0 Å². The molecule has 1 rings (SSSR count). The maximum absolute atomic E-state index is 5.79. The Morgan fingerprint density at radius 3 is 2.61 bits per heavy atom. The van der Waals surface area contributed by atoms with Gasteiger partial charge in [0.25, 0.3) is 0 Å². The van der Waals surface area contributed by atoms with Crippen LogP contribution in [0.2, 0.25) is 0 Å².